The van der Waals surface area contributed by atoms with Gasteiger partial charge in [-0.2, -0.15) is 0 Å². The van der Waals surface area contributed by atoms with Crippen LogP contribution < -0.4 is 5.32 Å². The summed E-state index contributed by atoms with van der Waals surface area (Å²) in [7, 11) is 0. The van der Waals surface area contributed by atoms with Crippen molar-refractivity contribution in [3.63, 3.8) is 0 Å². The average molecular weight is 229 g/mol. The molecule has 0 bridgehead atoms. The fraction of sp³-hybridized carbons (Fsp3) is 1.00. The van der Waals surface area contributed by atoms with Crippen LogP contribution in [-0.4, -0.2) is 25.8 Å². The molecular formula is C14H31NO. The third kappa shape index (κ3) is 12.0. The Kier molecular flexibility index (Phi) is 11.3. The summed E-state index contributed by atoms with van der Waals surface area (Å²) in [5, 5.41) is 3.42. The van der Waals surface area contributed by atoms with Crippen molar-refractivity contribution in [3.8, 4) is 0 Å². The summed E-state index contributed by atoms with van der Waals surface area (Å²) in [5.74, 6) is 0.723. The maximum absolute atomic E-state index is 5.74. The van der Waals surface area contributed by atoms with Crippen molar-refractivity contribution in [2.75, 3.05) is 19.7 Å². The Bertz CT molecular complexity index is 137. The summed E-state index contributed by atoms with van der Waals surface area (Å²) in [4.78, 5) is 0. The number of hydrogen-bond acceptors (Lipinski definition) is 2. The maximum Gasteiger partial charge on any atom is 0.0671 e. The minimum absolute atomic E-state index is 0.352. The molecule has 0 radical (unpaired) electrons. The summed E-state index contributed by atoms with van der Waals surface area (Å²) in [6.45, 7) is 11.8. The van der Waals surface area contributed by atoms with E-state index in [0.29, 0.717) is 6.10 Å². The van der Waals surface area contributed by atoms with E-state index in [1.807, 2.05) is 0 Å². The first kappa shape index (κ1) is 15.9. The average Bonchev–Trinajstić information content (AvgIpc) is 2.22. The summed E-state index contributed by atoms with van der Waals surface area (Å²) < 4.78 is 5.74. The number of unbranched alkanes of at least 4 members (excludes halogenated alkanes) is 4. The number of nitrogens with one attached hydrogen (secondary N) is 1. The number of hydrogen-bond donors (Lipinski definition) is 1. The van der Waals surface area contributed by atoms with Gasteiger partial charge in [0.1, 0.15) is 0 Å². The predicted octanol–water partition coefficient (Wildman–Crippen LogP) is 3.61. The Morgan fingerprint density at radius 2 is 1.62 bits per heavy atom. The molecule has 16 heavy (non-hydrogen) atoms. The van der Waals surface area contributed by atoms with Gasteiger partial charge in [0, 0.05) is 13.2 Å². The summed E-state index contributed by atoms with van der Waals surface area (Å²) in [5.41, 5.74) is 0. The zero-order valence-electron chi connectivity index (χ0n) is 11.7. The molecule has 0 aromatic rings. The molecule has 0 aliphatic carbocycles. The topological polar surface area (TPSA) is 21.3 Å². The molecule has 98 valence electrons. The van der Waals surface area contributed by atoms with Crippen molar-refractivity contribution in [2.24, 2.45) is 5.92 Å². The highest BCUT2D eigenvalue weighted by Gasteiger charge is 2.01. The Balaban J connectivity index is 3.14. The second-order valence-corrected chi connectivity index (χ2v) is 5.15. The highest BCUT2D eigenvalue weighted by Crippen LogP contribution is 2.03. The molecule has 0 aromatic heterocycles. The SMILES string of the molecule is CCCCCCCOC(C)CNCC(C)C. The van der Waals surface area contributed by atoms with Gasteiger partial charge in [-0.25, -0.2) is 0 Å². The van der Waals surface area contributed by atoms with E-state index in [-0.39, 0.29) is 0 Å². The third-order valence-corrected chi connectivity index (χ3v) is 2.63. The van der Waals surface area contributed by atoms with E-state index in [4.69, 9.17) is 4.74 Å². The van der Waals surface area contributed by atoms with E-state index < -0.39 is 0 Å². The Morgan fingerprint density at radius 3 is 2.25 bits per heavy atom. The molecule has 2 heteroatoms. The Labute approximate surface area is 102 Å². The zero-order chi connectivity index (χ0) is 12.2. The molecule has 1 N–H and O–H groups in total. The van der Waals surface area contributed by atoms with E-state index in [0.717, 1.165) is 25.6 Å². The van der Waals surface area contributed by atoms with Crippen molar-refractivity contribution in [1.29, 1.82) is 0 Å². The monoisotopic (exact) mass is 229 g/mol. The molecule has 1 unspecified atom stereocenters. The van der Waals surface area contributed by atoms with Gasteiger partial charge in [0.15, 0.2) is 0 Å². The second-order valence-electron chi connectivity index (χ2n) is 5.15. The first-order valence-corrected chi connectivity index (χ1v) is 6.99. The largest absolute Gasteiger partial charge is 0.377 e. The third-order valence-electron chi connectivity index (χ3n) is 2.63. The van der Waals surface area contributed by atoms with Crippen LogP contribution in [0.3, 0.4) is 0 Å². The molecule has 0 aliphatic rings. The van der Waals surface area contributed by atoms with Crippen LogP contribution in [0.1, 0.15) is 59.8 Å². The normalized spacial score (nSPS) is 13.3. The summed E-state index contributed by atoms with van der Waals surface area (Å²) >= 11 is 0. The van der Waals surface area contributed by atoms with Crippen LogP contribution >= 0.6 is 0 Å². The molecule has 0 amide bonds. The molecule has 0 rings (SSSR count). The predicted molar refractivity (Wildman–Crippen MR) is 71.9 cm³/mol. The lowest BCUT2D eigenvalue weighted by molar-refractivity contribution is 0.0627. The Morgan fingerprint density at radius 1 is 0.938 bits per heavy atom. The molecule has 0 aromatic carbocycles. The molecule has 0 fully saturated rings. The van der Waals surface area contributed by atoms with Gasteiger partial charge in [0.2, 0.25) is 0 Å². The van der Waals surface area contributed by atoms with E-state index in [1.165, 1.54) is 32.1 Å². The van der Waals surface area contributed by atoms with Gasteiger partial charge in [-0.15, -0.1) is 0 Å². The maximum atomic E-state index is 5.74. The fourth-order valence-electron chi connectivity index (χ4n) is 1.62. The zero-order valence-corrected chi connectivity index (χ0v) is 11.7. The van der Waals surface area contributed by atoms with E-state index in [9.17, 15) is 0 Å². The highest BCUT2D eigenvalue weighted by atomic mass is 16.5. The smallest absolute Gasteiger partial charge is 0.0671 e. The lowest BCUT2D eigenvalue weighted by atomic mass is 10.2. The van der Waals surface area contributed by atoms with Crippen molar-refractivity contribution in [3.05, 3.63) is 0 Å². The lowest BCUT2D eigenvalue weighted by Gasteiger charge is -2.15. The standard InChI is InChI=1S/C14H31NO/c1-5-6-7-8-9-10-16-14(4)12-15-11-13(2)3/h13-15H,5-12H2,1-4H3. The first-order valence-electron chi connectivity index (χ1n) is 6.99. The van der Waals surface area contributed by atoms with Gasteiger partial charge in [-0.1, -0.05) is 46.5 Å². The lowest BCUT2D eigenvalue weighted by Crippen LogP contribution is -2.29. The molecule has 1 atom stereocenters. The van der Waals surface area contributed by atoms with Gasteiger partial charge < -0.3 is 10.1 Å². The number of ether oxygens (including phenoxy) is 1. The van der Waals surface area contributed by atoms with Crippen LogP contribution in [0.2, 0.25) is 0 Å². The molecule has 0 heterocycles. The van der Waals surface area contributed by atoms with Gasteiger partial charge in [-0.3, -0.25) is 0 Å². The van der Waals surface area contributed by atoms with Gasteiger partial charge in [0.25, 0.3) is 0 Å². The second kappa shape index (κ2) is 11.4. The van der Waals surface area contributed by atoms with Crippen LogP contribution in [0, 0.1) is 5.92 Å². The van der Waals surface area contributed by atoms with Crippen LogP contribution in [-0.2, 0) is 4.74 Å². The van der Waals surface area contributed by atoms with Gasteiger partial charge >= 0.3 is 0 Å². The number of rotatable bonds is 11. The van der Waals surface area contributed by atoms with Crippen molar-refractivity contribution in [2.45, 2.75) is 65.9 Å². The van der Waals surface area contributed by atoms with E-state index in [1.54, 1.807) is 0 Å². The minimum atomic E-state index is 0.352. The molecule has 0 spiro atoms. The molecule has 0 saturated carbocycles. The summed E-state index contributed by atoms with van der Waals surface area (Å²) in [6.07, 6.45) is 6.93. The van der Waals surface area contributed by atoms with Crippen LogP contribution in [0.25, 0.3) is 0 Å². The molecule has 0 saturated heterocycles. The summed E-state index contributed by atoms with van der Waals surface area (Å²) in [6, 6.07) is 0. The van der Waals surface area contributed by atoms with Crippen molar-refractivity contribution < 1.29 is 4.74 Å². The quantitative estimate of drug-likeness (QED) is 0.547. The first-order chi connectivity index (χ1) is 7.66. The van der Waals surface area contributed by atoms with E-state index >= 15 is 0 Å². The van der Waals surface area contributed by atoms with Crippen molar-refractivity contribution >= 4 is 0 Å². The molecular weight excluding hydrogens is 198 g/mol. The fourth-order valence-corrected chi connectivity index (χ4v) is 1.62. The van der Waals surface area contributed by atoms with Crippen LogP contribution in [0.15, 0.2) is 0 Å². The minimum Gasteiger partial charge on any atom is -0.377 e. The molecule has 2 nitrogen and oxygen atoms in total. The van der Waals surface area contributed by atoms with Crippen LogP contribution in [0.4, 0.5) is 0 Å². The molecule has 0 aliphatic heterocycles. The van der Waals surface area contributed by atoms with Crippen LogP contribution in [0.5, 0.6) is 0 Å². The van der Waals surface area contributed by atoms with Gasteiger partial charge in [-0.05, 0) is 25.8 Å². The highest BCUT2D eigenvalue weighted by molar-refractivity contribution is 4.57. The van der Waals surface area contributed by atoms with Crippen molar-refractivity contribution in [1.82, 2.24) is 5.32 Å². The van der Waals surface area contributed by atoms with E-state index in [2.05, 4.69) is 33.0 Å². The van der Waals surface area contributed by atoms with Gasteiger partial charge in [0.05, 0.1) is 6.10 Å². The Hall–Kier alpha value is -0.0800.